The monoisotopic (exact) mass is 473 g/mol. The van der Waals surface area contributed by atoms with Crippen LogP contribution >= 0.6 is 11.6 Å². The van der Waals surface area contributed by atoms with Crippen LogP contribution in [0.15, 0.2) is 72.8 Å². The molecule has 0 saturated carbocycles. The molecule has 170 valence electrons. The van der Waals surface area contributed by atoms with E-state index in [2.05, 4.69) is 20.4 Å². The minimum Gasteiger partial charge on any atom is -0.493 e. The third kappa shape index (κ3) is 3.18. The fourth-order valence-corrected chi connectivity index (χ4v) is 4.76. The molecular weight excluding hydrogens is 454 g/mol. The Morgan fingerprint density at radius 2 is 1.91 bits per heavy atom. The average Bonchev–Trinajstić information content (AvgIpc) is 3.35. The Bertz CT molecular complexity index is 1420. The third-order valence-electron chi connectivity index (χ3n) is 6.09. The summed E-state index contributed by atoms with van der Waals surface area (Å²) < 4.78 is 19.5. The van der Waals surface area contributed by atoms with Crippen LogP contribution in [0.4, 0.5) is 5.95 Å². The molecule has 2 atom stereocenters. The summed E-state index contributed by atoms with van der Waals surface area (Å²) in [7, 11) is 3.23. The highest BCUT2D eigenvalue weighted by Gasteiger charge is 2.41. The van der Waals surface area contributed by atoms with Gasteiger partial charge >= 0.3 is 0 Å². The second-order valence-corrected chi connectivity index (χ2v) is 8.36. The minimum atomic E-state index is -0.446. The van der Waals surface area contributed by atoms with Gasteiger partial charge < -0.3 is 19.5 Å². The summed E-state index contributed by atoms with van der Waals surface area (Å²) in [6, 6.07) is 15.0. The van der Waals surface area contributed by atoms with E-state index in [0.29, 0.717) is 28.2 Å². The normalized spacial score (nSPS) is 18.2. The number of anilines is 1. The van der Waals surface area contributed by atoms with Gasteiger partial charge in [-0.3, -0.25) is 4.98 Å². The molecule has 4 aromatic rings. The first-order valence-corrected chi connectivity index (χ1v) is 11.0. The lowest BCUT2D eigenvalue weighted by molar-refractivity contribution is 0.222. The zero-order valence-electron chi connectivity index (χ0n) is 18.4. The van der Waals surface area contributed by atoms with Gasteiger partial charge in [-0.1, -0.05) is 23.7 Å². The average molecular weight is 474 g/mol. The van der Waals surface area contributed by atoms with Gasteiger partial charge in [0.2, 0.25) is 5.95 Å². The Morgan fingerprint density at radius 3 is 2.71 bits per heavy atom. The van der Waals surface area contributed by atoms with E-state index in [-0.39, 0.29) is 6.04 Å². The van der Waals surface area contributed by atoms with Gasteiger partial charge in [-0.2, -0.15) is 10.1 Å². The molecule has 2 aliphatic rings. The number of hydrogen-bond donors (Lipinski definition) is 1. The quantitative estimate of drug-likeness (QED) is 0.451. The molecule has 8 nitrogen and oxygen atoms in total. The molecule has 0 amide bonds. The number of methoxy groups -OCH3 is 2. The molecule has 0 spiro atoms. The predicted molar refractivity (Wildman–Crippen MR) is 127 cm³/mol. The predicted octanol–water partition coefficient (Wildman–Crippen LogP) is 4.90. The van der Waals surface area contributed by atoms with Crippen LogP contribution in [0.2, 0.25) is 5.02 Å². The smallest absolute Gasteiger partial charge is 0.226 e. The molecule has 0 radical (unpaired) electrons. The van der Waals surface area contributed by atoms with Gasteiger partial charge in [-0.25, -0.2) is 4.68 Å². The van der Waals surface area contributed by atoms with Gasteiger partial charge in [0, 0.05) is 34.1 Å². The summed E-state index contributed by atoms with van der Waals surface area (Å²) in [4.78, 5) is 8.80. The zero-order chi connectivity index (χ0) is 23.2. The highest BCUT2D eigenvalue weighted by molar-refractivity contribution is 6.30. The van der Waals surface area contributed by atoms with Gasteiger partial charge in [0.05, 0.1) is 19.9 Å². The van der Waals surface area contributed by atoms with Gasteiger partial charge in [0.15, 0.2) is 11.5 Å². The summed E-state index contributed by atoms with van der Waals surface area (Å²) in [5.74, 6) is 2.61. The van der Waals surface area contributed by atoms with Crippen LogP contribution in [0, 0.1) is 0 Å². The van der Waals surface area contributed by atoms with Crippen LogP contribution in [-0.4, -0.2) is 34.0 Å². The van der Waals surface area contributed by atoms with Gasteiger partial charge in [-0.05, 0) is 42.0 Å². The van der Waals surface area contributed by atoms with Crippen molar-refractivity contribution in [1.29, 1.82) is 0 Å². The standard InChI is InChI=1S/C25H20ClN5O3/c1-32-19-7-5-14(10-20(19)33-2)24-21-22(17-11-16(26)6-8-18(17)34-24)30-25-28-13-29-31(25)23(21)15-4-3-9-27-12-15/h3-13,23-24H,1-2H3,(H,28,29,30)/t23-,24-/m0/s1. The minimum absolute atomic E-state index is 0.298. The maximum Gasteiger partial charge on any atom is 0.226 e. The van der Waals surface area contributed by atoms with Crippen molar-refractivity contribution in [3.8, 4) is 17.2 Å². The number of fused-ring (bicyclic) bond motifs is 3. The Kier molecular flexibility index (Phi) is 4.88. The van der Waals surface area contributed by atoms with Crippen LogP contribution in [0.25, 0.3) is 5.70 Å². The van der Waals surface area contributed by atoms with Crippen LogP contribution in [0.1, 0.15) is 28.8 Å². The lowest BCUT2D eigenvalue weighted by Crippen LogP contribution is -2.32. The fourth-order valence-electron chi connectivity index (χ4n) is 4.59. The lowest BCUT2D eigenvalue weighted by Gasteiger charge is -2.39. The number of halogens is 1. The van der Waals surface area contributed by atoms with Crippen LogP contribution in [-0.2, 0) is 0 Å². The number of aromatic nitrogens is 4. The summed E-state index contributed by atoms with van der Waals surface area (Å²) in [6.45, 7) is 0. The zero-order valence-corrected chi connectivity index (χ0v) is 19.2. The number of rotatable bonds is 4. The molecule has 0 aliphatic carbocycles. The summed E-state index contributed by atoms with van der Waals surface area (Å²) in [5, 5.41) is 8.61. The molecule has 2 aromatic carbocycles. The molecule has 34 heavy (non-hydrogen) atoms. The van der Waals surface area contributed by atoms with Crippen molar-refractivity contribution in [2.24, 2.45) is 0 Å². The summed E-state index contributed by atoms with van der Waals surface area (Å²) in [6.07, 6.45) is 4.68. The second kappa shape index (κ2) is 8.07. The van der Waals surface area contributed by atoms with Gasteiger partial charge in [-0.15, -0.1) is 0 Å². The lowest BCUT2D eigenvalue weighted by atomic mass is 9.85. The highest BCUT2D eigenvalue weighted by Crippen LogP contribution is 2.51. The van der Waals surface area contributed by atoms with Crippen molar-refractivity contribution in [3.63, 3.8) is 0 Å². The largest absolute Gasteiger partial charge is 0.493 e. The van der Waals surface area contributed by atoms with E-state index < -0.39 is 6.10 Å². The first-order chi connectivity index (χ1) is 16.7. The molecule has 4 heterocycles. The van der Waals surface area contributed by atoms with E-state index in [1.165, 1.54) is 6.33 Å². The molecule has 2 aliphatic heterocycles. The molecule has 0 fully saturated rings. The van der Waals surface area contributed by atoms with Crippen molar-refractivity contribution in [1.82, 2.24) is 19.7 Å². The summed E-state index contributed by atoms with van der Waals surface area (Å²) >= 11 is 6.39. The number of nitrogens with one attached hydrogen (secondary N) is 1. The first kappa shape index (κ1) is 20.6. The Labute approximate surface area is 200 Å². The fraction of sp³-hybridized carbons (Fsp3) is 0.160. The van der Waals surface area contributed by atoms with E-state index in [4.69, 9.17) is 25.8 Å². The van der Waals surface area contributed by atoms with E-state index in [0.717, 1.165) is 28.0 Å². The molecule has 0 saturated heterocycles. The van der Waals surface area contributed by atoms with Crippen LogP contribution in [0.5, 0.6) is 17.2 Å². The molecule has 2 aromatic heterocycles. The van der Waals surface area contributed by atoms with Gasteiger partial charge in [0.25, 0.3) is 0 Å². The van der Waals surface area contributed by atoms with Crippen LogP contribution in [0.3, 0.4) is 0 Å². The van der Waals surface area contributed by atoms with Crippen molar-refractivity contribution < 1.29 is 14.2 Å². The Balaban J connectivity index is 1.62. The molecular formula is C25H20ClN5O3. The number of ether oxygens (including phenoxy) is 3. The maximum atomic E-state index is 6.62. The van der Waals surface area contributed by atoms with E-state index in [1.807, 2.05) is 59.4 Å². The summed E-state index contributed by atoms with van der Waals surface area (Å²) in [5.41, 5.74) is 4.58. The van der Waals surface area contributed by atoms with E-state index in [1.54, 1.807) is 20.4 Å². The van der Waals surface area contributed by atoms with Crippen molar-refractivity contribution in [2.45, 2.75) is 12.1 Å². The number of pyridine rings is 1. The molecule has 0 unspecified atom stereocenters. The topological polar surface area (TPSA) is 83.3 Å². The number of nitrogens with zero attached hydrogens (tertiary/aromatic N) is 4. The Morgan fingerprint density at radius 1 is 1.03 bits per heavy atom. The second-order valence-electron chi connectivity index (χ2n) is 7.93. The van der Waals surface area contributed by atoms with Crippen molar-refractivity contribution in [3.05, 3.63) is 94.5 Å². The highest BCUT2D eigenvalue weighted by atomic mass is 35.5. The number of benzene rings is 2. The van der Waals surface area contributed by atoms with Crippen LogP contribution < -0.4 is 19.5 Å². The van der Waals surface area contributed by atoms with Crippen molar-refractivity contribution >= 4 is 23.2 Å². The number of hydrogen-bond acceptors (Lipinski definition) is 7. The Hall–Kier alpha value is -4.04. The first-order valence-electron chi connectivity index (χ1n) is 10.7. The maximum absolute atomic E-state index is 6.62. The van der Waals surface area contributed by atoms with E-state index in [9.17, 15) is 0 Å². The third-order valence-corrected chi connectivity index (χ3v) is 6.32. The SMILES string of the molecule is COc1ccc([C@@H]2Oc3ccc(Cl)cc3C3=C2[C@H](c2cccnc2)n2ncnc2N3)cc1OC. The molecule has 6 rings (SSSR count). The van der Waals surface area contributed by atoms with Gasteiger partial charge in [0.1, 0.15) is 24.2 Å². The van der Waals surface area contributed by atoms with E-state index >= 15 is 0 Å². The molecule has 9 heteroatoms. The van der Waals surface area contributed by atoms with Crippen molar-refractivity contribution in [2.75, 3.05) is 19.5 Å². The molecule has 0 bridgehead atoms. The molecule has 1 N–H and O–H groups in total.